The lowest BCUT2D eigenvalue weighted by atomic mass is 10.2. The number of carboxylic acids is 1. The lowest BCUT2D eigenvalue weighted by Gasteiger charge is -2.21. The molecule has 7 nitrogen and oxygen atoms in total. The van der Waals surface area contributed by atoms with Gasteiger partial charge in [-0.15, -0.1) is 0 Å². The molecule has 1 aromatic rings. The molecule has 0 aliphatic carbocycles. The van der Waals surface area contributed by atoms with Crippen LogP contribution in [0.1, 0.15) is 49.9 Å². The summed E-state index contributed by atoms with van der Waals surface area (Å²) in [5, 5.41) is 11.3. The van der Waals surface area contributed by atoms with Gasteiger partial charge in [0, 0.05) is 12.4 Å². The van der Waals surface area contributed by atoms with Gasteiger partial charge in [-0.25, -0.2) is 19.6 Å². The van der Waals surface area contributed by atoms with Crippen molar-refractivity contribution in [1.29, 1.82) is 0 Å². The number of hydrogen-bond acceptors (Lipinski definition) is 5. The predicted octanol–water partition coefficient (Wildman–Crippen LogP) is 1.76. The van der Waals surface area contributed by atoms with Crippen LogP contribution in [0.5, 0.6) is 0 Å². The van der Waals surface area contributed by atoms with E-state index in [-0.39, 0.29) is 5.56 Å². The zero-order valence-corrected chi connectivity index (χ0v) is 11.3. The number of amides is 1. The van der Waals surface area contributed by atoms with E-state index in [1.807, 2.05) is 0 Å². The SMILES string of the molecule is C[C@@H](NC(=O)OC(C)(C)C)c1ncc(C(=O)O)cn1. The second-order valence-electron chi connectivity index (χ2n) is 5.00. The summed E-state index contributed by atoms with van der Waals surface area (Å²) in [6.07, 6.45) is 1.81. The number of hydrogen-bond donors (Lipinski definition) is 2. The van der Waals surface area contributed by atoms with Crippen LogP contribution in [0.15, 0.2) is 12.4 Å². The van der Waals surface area contributed by atoms with Crippen LogP contribution in [0.4, 0.5) is 4.79 Å². The van der Waals surface area contributed by atoms with Crippen LogP contribution in [-0.2, 0) is 4.74 Å². The molecule has 0 spiro atoms. The summed E-state index contributed by atoms with van der Waals surface area (Å²) >= 11 is 0. The molecule has 1 amide bonds. The number of alkyl carbamates (subject to hydrolysis) is 1. The lowest BCUT2D eigenvalue weighted by molar-refractivity contribution is 0.0504. The summed E-state index contributed by atoms with van der Waals surface area (Å²) in [4.78, 5) is 30.0. The van der Waals surface area contributed by atoms with Crippen molar-refractivity contribution in [2.75, 3.05) is 0 Å². The standard InChI is InChI=1S/C12H17N3O4/c1-7(15-11(18)19-12(2,3)4)9-13-5-8(6-14-9)10(16)17/h5-7H,1-4H3,(H,15,18)(H,16,17)/t7-/m1/s1. The zero-order valence-electron chi connectivity index (χ0n) is 11.3. The van der Waals surface area contributed by atoms with Crippen molar-refractivity contribution in [3.05, 3.63) is 23.8 Å². The van der Waals surface area contributed by atoms with Gasteiger partial charge in [-0.1, -0.05) is 0 Å². The topological polar surface area (TPSA) is 101 Å². The average molecular weight is 267 g/mol. The van der Waals surface area contributed by atoms with Crippen molar-refractivity contribution in [2.24, 2.45) is 0 Å². The number of ether oxygens (including phenoxy) is 1. The molecule has 0 bridgehead atoms. The number of nitrogens with zero attached hydrogens (tertiary/aromatic N) is 2. The molecule has 19 heavy (non-hydrogen) atoms. The van der Waals surface area contributed by atoms with Crippen LogP contribution in [0, 0.1) is 0 Å². The molecule has 104 valence electrons. The molecule has 1 rings (SSSR count). The summed E-state index contributed by atoms with van der Waals surface area (Å²) in [7, 11) is 0. The molecule has 0 aliphatic rings. The van der Waals surface area contributed by atoms with Gasteiger partial charge in [0.15, 0.2) is 0 Å². The second-order valence-corrected chi connectivity index (χ2v) is 5.00. The molecule has 0 aromatic carbocycles. The van der Waals surface area contributed by atoms with E-state index >= 15 is 0 Å². The van der Waals surface area contributed by atoms with Crippen LogP contribution >= 0.6 is 0 Å². The van der Waals surface area contributed by atoms with Crippen molar-refractivity contribution in [3.63, 3.8) is 0 Å². The van der Waals surface area contributed by atoms with Gasteiger partial charge < -0.3 is 15.2 Å². The summed E-state index contributed by atoms with van der Waals surface area (Å²) in [6.45, 7) is 6.96. The van der Waals surface area contributed by atoms with Gasteiger partial charge in [0.2, 0.25) is 0 Å². The van der Waals surface area contributed by atoms with E-state index in [1.54, 1.807) is 27.7 Å². The Morgan fingerprint density at radius 3 is 2.26 bits per heavy atom. The highest BCUT2D eigenvalue weighted by Crippen LogP contribution is 2.10. The van der Waals surface area contributed by atoms with Crippen LogP contribution in [-0.4, -0.2) is 32.7 Å². The number of rotatable bonds is 3. The lowest BCUT2D eigenvalue weighted by Crippen LogP contribution is -2.34. The van der Waals surface area contributed by atoms with E-state index in [1.165, 1.54) is 12.4 Å². The first-order valence-electron chi connectivity index (χ1n) is 5.74. The van der Waals surface area contributed by atoms with Crippen LogP contribution in [0.2, 0.25) is 0 Å². The molecule has 0 unspecified atom stereocenters. The zero-order chi connectivity index (χ0) is 14.6. The Hall–Kier alpha value is -2.18. The predicted molar refractivity (Wildman–Crippen MR) is 66.8 cm³/mol. The molecule has 0 saturated heterocycles. The summed E-state index contributed by atoms with van der Waals surface area (Å²) in [5.74, 6) is -0.782. The maximum Gasteiger partial charge on any atom is 0.408 e. The van der Waals surface area contributed by atoms with Gasteiger partial charge in [-0.3, -0.25) is 0 Å². The van der Waals surface area contributed by atoms with E-state index in [0.717, 1.165) is 0 Å². The first kappa shape index (κ1) is 14.9. The highest BCUT2D eigenvalue weighted by atomic mass is 16.6. The fourth-order valence-electron chi connectivity index (χ4n) is 1.22. The Kier molecular flexibility index (Phi) is 4.42. The minimum absolute atomic E-state index is 0.00628. The number of carbonyl (C=O) groups is 2. The minimum atomic E-state index is -1.10. The van der Waals surface area contributed by atoms with E-state index in [0.29, 0.717) is 5.82 Å². The number of aromatic carboxylic acids is 1. The molecule has 7 heteroatoms. The van der Waals surface area contributed by atoms with Gasteiger partial charge in [0.1, 0.15) is 11.4 Å². The average Bonchev–Trinajstić information content (AvgIpc) is 2.26. The Bertz CT molecular complexity index is 465. The maximum atomic E-state index is 11.5. The molecule has 2 N–H and O–H groups in total. The van der Waals surface area contributed by atoms with Crippen LogP contribution in [0.3, 0.4) is 0 Å². The summed E-state index contributed by atoms with van der Waals surface area (Å²) in [6, 6.07) is -0.474. The van der Waals surface area contributed by atoms with Crippen molar-refractivity contribution >= 4 is 12.1 Å². The quantitative estimate of drug-likeness (QED) is 0.865. The fourth-order valence-corrected chi connectivity index (χ4v) is 1.22. The number of nitrogens with one attached hydrogen (secondary N) is 1. The molecule has 0 fully saturated rings. The Balaban J connectivity index is 2.65. The third kappa shape index (κ3) is 4.90. The van der Waals surface area contributed by atoms with E-state index in [2.05, 4.69) is 15.3 Å². The van der Waals surface area contributed by atoms with Gasteiger partial charge in [-0.05, 0) is 27.7 Å². The monoisotopic (exact) mass is 267 g/mol. The molecule has 1 heterocycles. The van der Waals surface area contributed by atoms with Crippen LogP contribution < -0.4 is 5.32 Å². The van der Waals surface area contributed by atoms with E-state index in [4.69, 9.17) is 9.84 Å². The Morgan fingerprint density at radius 1 is 1.32 bits per heavy atom. The summed E-state index contributed by atoms with van der Waals surface area (Å²) < 4.78 is 5.09. The largest absolute Gasteiger partial charge is 0.478 e. The molecule has 1 atom stereocenters. The number of carboxylic acid groups (broad SMARTS) is 1. The smallest absolute Gasteiger partial charge is 0.408 e. The third-order valence-electron chi connectivity index (χ3n) is 2.04. The minimum Gasteiger partial charge on any atom is -0.478 e. The van der Waals surface area contributed by atoms with E-state index < -0.39 is 23.7 Å². The highest BCUT2D eigenvalue weighted by molar-refractivity contribution is 5.86. The number of aromatic nitrogens is 2. The normalized spacial score (nSPS) is 12.6. The molecule has 0 radical (unpaired) electrons. The first-order chi connectivity index (χ1) is 8.69. The first-order valence-corrected chi connectivity index (χ1v) is 5.74. The fraction of sp³-hybridized carbons (Fsp3) is 0.500. The Morgan fingerprint density at radius 2 is 1.84 bits per heavy atom. The molecule has 0 aliphatic heterocycles. The molecule has 1 aromatic heterocycles. The molecular formula is C12H17N3O4. The molecule has 0 saturated carbocycles. The Labute approximate surface area is 111 Å². The van der Waals surface area contributed by atoms with Crippen molar-refractivity contribution in [1.82, 2.24) is 15.3 Å². The van der Waals surface area contributed by atoms with Crippen molar-refractivity contribution < 1.29 is 19.4 Å². The second kappa shape index (κ2) is 5.64. The van der Waals surface area contributed by atoms with Crippen molar-refractivity contribution in [2.45, 2.75) is 39.3 Å². The molecular weight excluding hydrogens is 250 g/mol. The van der Waals surface area contributed by atoms with E-state index in [9.17, 15) is 9.59 Å². The third-order valence-corrected chi connectivity index (χ3v) is 2.04. The maximum absolute atomic E-state index is 11.5. The summed E-state index contributed by atoms with van der Waals surface area (Å²) in [5.41, 5.74) is -0.592. The van der Waals surface area contributed by atoms with Crippen molar-refractivity contribution in [3.8, 4) is 0 Å². The van der Waals surface area contributed by atoms with Gasteiger partial charge >= 0.3 is 12.1 Å². The highest BCUT2D eigenvalue weighted by Gasteiger charge is 2.19. The van der Waals surface area contributed by atoms with Gasteiger partial charge in [0.05, 0.1) is 11.6 Å². The van der Waals surface area contributed by atoms with Crippen LogP contribution in [0.25, 0.3) is 0 Å². The number of carbonyl (C=O) groups excluding carboxylic acids is 1. The van der Waals surface area contributed by atoms with Gasteiger partial charge in [-0.2, -0.15) is 0 Å². The van der Waals surface area contributed by atoms with Gasteiger partial charge in [0.25, 0.3) is 0 Å².